The molecule has 0 saturated carbocycles. The average molecular weight is 492 g/mol. The number of hydrogen-bond acceptors (Lipinski definition) is 5. The number of carbonyl (C=O) groups is 2. The van der Waals surface area contributed by atoms with Crippen LogP contribution in [0.15, 0.2) is 54.6 Å². The number of fused-ring (bicyclic) bond motifs is 1. The van der Waals surface area contributed by atoms with E-state index in [1.807, 2.05) is 49.4 Å². The van der Waals surface area contributed by atoms with E-state index in [9.17, 15) is 9.59 Å². The van der Waals surface area contributed by atoms with Gasteiger partial charge in [-0.3, -0.25) is 9.59 Å². The molecule has 1 atom stereocenters. The summed E-state index contributed by atoms with van der Waals surface area (Å²) in [6.45, 7) is 5.67. The summed E-state index contributed by atoms with van der Waals surface area (Å²) >= 11 is 1.54. The summed E-state index contributed by atoms with van der Waals surface area (Å²) < 4.78 is 5.49. The number of carbonyl (C=O) groups excluding carboxylic acids is 2. The Kier molecular flexibility index (Phi) is 8.55. The van der Waals surface area contributed by atoms with Gasteiger partial charge in [-0.25, -0.2) is 0 Å². The molecule has 3 N–H and O–H groups in total. The topological polar surface area (TPSA) is 79.5 Å². The minimum absolute atomic E-state index is 0.139. The Morgan fingerprint density at radius 2 is 1.83 bits per heavy atom. The Morgan fingerprint density at radius 3 is 2.57 bits per heavy atom. The van der Waals surface area contributed by atoms with Gasteiger partial charge in [-0.15, -0.1) is 11.3 Å². The lowest BCUT2D eigenvalue weighted by Gasteiger charge is -2.18. The van der Waals surface area contributed by atoms with Gasteiger partial charge in [0.1, 0.15) is 10.8 Å². The maximum Gasteiger partial charge on any atom is 0.258 e. The van der Waals surface area contributed by atoms with Crippen molar-refractivity contribution < 1.29 is 14.3 Å². The molecule has 4 rings (SSSR count). The van der Waals surface area contributed by atoms with E-state index in [0.29, 0.717) is 35.3 Å². The highest BCUT2D eigenvalue weighted by molar-refractivity contribution is 7.17. The zero-order valence-corrected chi connectivity index (χ0v) is 21.2. The Bertz CT molecular complexity index is 1140. The second kappa shape index (κ2) is 12.0. The minimum Gasteiger partial charge on any atom is -0.494 e. The molecule has 35 heavy (non-hydrogen) atoms. The molecule has 0 radical (unpaired) electrons. The lowest BCUT2D eigenvalue weighted by Crippen LogP contribution is -2.30. The highest BCUT2D eigenvalue weighted by Crippen LogP contribution is 2.40. The number of ether oxygens (including phenoxy) is 1. The molecule has 1 aliphatic carbocycles. The van der Waals surface area contributed by atoms with Crippen LogP contribution in [0.2, 0.25) is 0 Å². The summed E-state index contributed by atoms with van der Waals surface area (Å²) in [7, 11) is 0. The standard InChI is InChI=1S/C28H33N3O3S/c1-3-34-22-12-10-21(11-13-22)30-27(33)26-23-14-9-19(2)17-24(23)35-28(26)31-25(32)18-29-16-15-20-7-5-4-6-8-20/h4-8,10-13,19,29H,3,9,14-18H2,1-2H3,(H,30,33)(H,31,32). The molecule has 1 aromatic heterocycles. The first-order valence-corrected chi connectivity index (χ1v) is 13.1. The predicted molar refractivity (Wildman–Crippen MR) is 143 cm³/mol. The molecule has 0 aliphatic heterocycles. The van der Waals surface area contributed by atoms with Gasteiger partial charge in [-0.05, 0) is 80.5 Å². The summed E-state index contributed by atoms with van der Waals surface area (Å²) in [5.41, 5.74) is 3.60. The van der Waals surface area contributed by atoms with Crippen molar-refractivity contribution in [2.75, 3.05) is 30.3 Å². The number of anilines is 2. The zero-order valence-electron chi connectivity index (χ0n) is 20.4. The fourth-order valence-corrected chi connectivity index (χ4v) is 5.75. The van der Waals surface area contributed by atoms with Gasteiger partial charge in [-0.1, -0.05) is 37.3 Å². The van der Waals surface area contributed by atoms with Crippen LogP contribution in [0.4, 0.5) is 10.7 Å². The Balaban J connectivity index is 1.42. The van der Waals surface area contributed by atoms with Crippen LogP contribution in [0.3, 0.4) is 0 Å². The molecular formula is C28H33N3O3S. The van der Waals surface area contributed by atoms with Gasteiger partial charge in [-0.2, -0.15) is 0 Å². The van der Waals surface area contributed by atoms with Crippen LogP contribution in [0.1, 0.15) is 46.6 Å². The summed E-state index contributed by atoms with van der Waals surface area (Å²) in [4.78, 5) is 27.3. The van der Waals surface area contributed by atoms with Crippen molar-refractivity contribution in [3.05, 3.63) is 76.2 Å². The van der Waals surface area contributed by atoms with Gasteiger partial charge < -0.3 is 20.7 Å². The third-order valence-electron chi connectivity index (χ3n) is 6.13. The molecule has 2 amide bonds. The lowest BCUT2D eigenvalue weighted by molar-refractivity contribution is -0.115. The van der Waals surface area contributed by atoms with Crippen molar-refractivity contribution in [1.29, 1.82) is 0 Å². The number of benzene rings is 2. The van der Waals surface area contributed by atoms with E-state index in [0.717, 1.165) is 37.0 Å². The van der Waals surface area contributed by atoms with Crippen LogP contribution >= 0.6 is 11.3 Å². The van der Waals surface area contributed by atoms with Gasteiger partial charge in [0.05, 0.1) is 18.7 Å². The second-order valence-electron chi connectivity index (χ2n) is 8.93. The van der Waals surface area contributed by atoms with Crippen LogP contribution < -0.4 is 20.7 Å². The highest BCUT2D eigenvalue weighted by Gasteiger charge is 2.28. The van der Waals surface area contributed by atoms with Crippen molar-refractivity contribution in [1.82, 2.24) is 5.32 Å². The fourth-order valence-electron chi connectivity index (χ4n) is 4.32. The molecule has 2 aromatic carbocycles. The summed E-state index contributed by atoms with van der Waals surface area (Å²) in [6.07, 6.45) is 3.69. The summed E-state index contributed by atoms with van der Waals surface area (Å²) in [5.74, 6) is 1.01. The number of hydrogen-bond donors (Lipinski definition) is 3. The van der Waals surface area contributed by atoms with Gasteiger partial charge in [0.15, 0.2) is 0 Å². The third kappa shape index (κ3) is 6.71. The molecule has 1 heterocycles. The number of rotatable bonds is 10. The first-order valence-electron chi connectivity index (χ1n) is 12.3. The molecule has 1 unspecified atom stereocenters. The van der Waals surface area contributed by atoms with Gasteiger partial charge >= 0.3 is 0 Å². The van der Waals surface area contributed by atoms with E-state index < -0.39 is 0 Å². The summed E-state index contributed by atoms with van der Waals surface area (Å²) in [5, 5.41) is 9.86. The molecule has 6 nitrogen and oxygen atoms in total. The first-order chi connectivity index (χ1) is 17.0. The molecule has 0 spiro atoms. The van der Waals surface area contributed by atoms with E-state index in [2.05, 4.69) is 35.0 Å². The van der Waals surface area contributed by atoms with Crippen molar-refractivity contribution in [2.24, 2.45) is 5.92 Å². The van der Waals surface area contributed by atoms with Crippen molar-refractivity contribution in [3.63, 3.8) is 0 Å². The Hall–Kier alpha value is -3.16. The minimum atomic E-state index is -0.187. The number of nitrogens with one attached hydrogen (secondary N) is 3. The number of thiophene rings is 1. The van der Waals surface area contributed by atoms with Crippen molar-refractivity contribution in [2.45, 2.75) is 39.5 Å². The highest BCUT2D eigenvalue weighted by atomic mass is 32.1. The molecule has 3 aromatic rings. The Morgan fingerprint density at radius 1 is 1.06 bits per heavy atom. The van der Waals surface area contributed by atoms with Gasteiger partial charge in [0.25, 0.3) is 5.91 Å². The van der Waals surface area contributed by atoms with Crippen molar-refractivity contribution >= 4 is 33.8 Å². The van der Waals surface area contributed by atoms with Crippen LogP contribution in [-0.2, 0) is 24.1 Å². The average Bonchev–Trinajstić information content (AvgIpc) is 3.20. The lowest BCUT2D eigenvalue weighted by atomic mass is 9.88. The van der Waals surface area contributed by atoms with Crippen molar-refractivity contribution in [3.8, 4) is 5.75 Å². The fraction of sp³-hybridized carbons (Fsp3) is 0.357. The SMILES string of the molecule is CCOc1ccc(NC(=O)c2c(NC(=O)CNCCc3ccccc3)sc3c2CCC(C)C3)cc1. The van der Waals surface area contributed by atoms with E-state index in [1.54, 1.807) is 0 Å². The smallest absolute Gasteiger partial charge is 0.258 e. The van der Waals surface area contributed by atoms with E-state index >= 15 is 0 Å². The monoisotopic (exact) mass is 491 g/mol. The van der Waals surface area contributed by atoms with Crippen LogP contribution in [0.5, 0.6) is 5.75 Å². The van der Waals surface area contributed by atoms with E-state index in [1.165, 1.54) is 21.8 Å². The zero-order chi connectivity index (χ0) is 24.6. The molecular weight excluding hydrogens is 458 g/mol. The Labute approximate surface area is 211 Å². The third-order valence-corrected chi connectivity index (χ3v) is 7.30. The molecule has 0 saturated heterocycles. The maximum absolute atomic E-state index is 13.4. The van der Waals surface area contributed by atoms with Gasteiger partial charge in [0.2, 0.25) is 5.91 Å². The maximum atomic E-state index is 13.4. The number of amides is 2. The molecule has 184 valence electrons. The van der Waals surface area contributed by atoms with E-state index in [-0.39, 0.29) is 18.4 Å². The summed E-state index contributed by atoms with van der Waals surface area (Å²) in [6, 6.07) is 17.5. The molecule has 0 fully saturated rings. The van der Waals surface area contributed by atoms with Crippen LogP contribution in [0, 0.1) is 5.92 Å². The quantitative estimate of drug-likeness (QED) is 0.337. The van der Waals surface area contributed by atoms with Gasteiger partial charge in [0, 0.05) is 10.6 Å². The van der Waals surface area contributed by atoms with Crippen LogP contribution in [0.25, 0.3) is 0 Å². The molecule has 7 heteroatoms. The molecule has 1 aliphatic rings. The van der Waals surface area contributed by atoms with E-state index in [4.69, 9.17) is 4.74 Å². The second-order valence-corrected chi connectivity index (χ2v) is 10.0. The van der Waals surface area contributed by atoms with Crippen LogP contribution in [-0.4, -0.2) is 31.5 Å². The largest absolute Gasteiger partial charge is 0.494 e. The molecule has 0 bridgehead atoms. The normalized spacial score (nSPS) is 14.7. The first kappa shape index (κ1) is 24.9. The predicted octanol–water partition coefficient (Wildman–Crippen LogP) is 5.29.